The van der Waals surface area contributed by atoms with Gasteiger partial charge in [-0.05, 0) is 19.1 Å². The van der Waals surface area contributed by atoms with Crippen LogP contribution in [0.3, 0.4) is 0 Å². The van der Waals surface area contributed by atoms with Gasteiger partial charge in [-0.1, -0.05) is 0 Å². The van der Waals surface area contributed by atoms with E-state index in [4.69, 9.17) is 14.6 Å². The number of aromatic carboxylic acids is 1. The van der Waals surface area contributed by atoms with Gasteiger partial charge in [-0.25, -0.2) is 4.79 Å². The Balaban J connectivity index is 2.31. The van der Waals surface area contributed by atoms with Crippen LogP contribution in [-0.2, 0) is 6.54 Å². The number of carbonyl (C=O) groups is 1. The monoisotopic (exact) mass is 233 g/mol. The van der Waals surface area contributed by atoms with Crippen molar-refractivity contribution < 1.29 is 19.4 Å². The number of aromatic nitrogens is 1. The summed E-state index contributed by atoms with van der Waals surface area (Å²) >= 11 is 0. The summed E-state index contributed by atoms with van der Waals surface area (Å²) in [5, 5.41) is 9.98. The van der Waals surface area contributed by atoms with Crippen LogP contribution in [0.25, 0.3) is 10.9 Å². The van der Waals surface area contributed by atoms with Gasteiger partial charge in [-0.3, -0.25) is 0 Å². The number of hydrogen-bond acceptors (Lipinski definition) is 3. The summed E-state index contributed by atoms with van der Waals surface area (Å²) in [5.74, 6) is 0.412. The summed E-state index contributed by atoms with van der Waals surface area (Å²) < 4.78 is 12.3. The first kappa shape index (κ1) is 10.0. The van der Waals surface area contributed by atoms with Crippen molar-refractivity contribution in [1.29, 1.82) is 0 Å². The van der Waals surface area contributed by atoms with E-state index in [0.717, 1.165) is 10.9 Å². The number of hydrogen-bond donors (Lipinski definition) is 1. The molecule has 0 fully saturated rings. The van der Waals surface area contributed by atoms with Gasteiger partial charge < -0.3 is 19.1 Å². The van der Waals surface area contributed by atoms with Crippen LogP contribution in [0.2, 0.25) is 0 Å². The Bertz CT molecular complexity index is 614. The maximum Gasteiger partial charge on any atom is 0.352 e. The van der Waals surface area contributed by atoms with E-state index >= 15 is 0 Å². The van der Waals surface area contributed by atoms with Gasteiger partial charge in [0.1, 0.15) is 5.69 Å². The van der Waals surface area contributed by atoms with Crippen molar-refractivity contribution in [3.8, 4) is 11.5 Å². The smallest absolute Gasteiger partial charge is 0.352 e. The second-order valence-electron chi connectivity index (χ2n) is 3.84. The molecule has 1 aliphatic heterocycles. The molecule has 0 bridgehead atoms. The minimum Gasteiger partial charge on any atom is -0.477 e. The molecule has 0 aliphatic carbocycles. The third kappa shape index (κ3) is 1.35. The molecule has 0 atom stereocenters. The van der Waals surface area contributed by atoms with E-state index in [1.54, 1.807) is 10.6 Å². The van der Waals surface area contributed by atoms with Crippen molar-refractivity contribution in [1.82, 2.24) is 4.57 Å². The minimum atomic E-state index is -0.926. The van der Waals surface area contributed by atoms with Gasteiger partial charge in [0.15, 0.2) is 11.5 Å². The fraction of sp³-hybridized carbons (Fsp3) is 0.250. The lowest BCUT2D eigenvalue weighted by atomic mass is 10.2. The number of aryl methyl sites for hydroxylation is 1. The van der Waals surface area contributed by atoms with Crippen molar-refractivity contribution in [3.05, 3.63) is 23.9 Å². The Morgan fingerprint density at radius 3 is 2.71 bits per heavy atom. The zero-order valence-electron chi connectivity index (χ0n) is 9.27. The second-order valence-corrected chi connectivity index (χ2v) is 3.84. The Labute approximate surface area is 97.2 Å². The van der Waals surface area contributed by atoms with Crippen LogP contribution in [0.4, 0.5) is 0 Å². The van der Waals surface area contributed by atoms with Crippen LogP contribution < -0.4 is 9.47 Å². The molecular formula is C12H11NO4. The predicted octanol–water partition coefficient (Wildman–Crippen LogP) is 2.09. The van der Waals surface area contributed by atoms with E-state index in [1.165, 1.54) is 0 Å². The molecule has 0 spiro atoms. The lowest BCUT2D eigenvalue weighted by Crippen LogP contribution is -2.06. The molecule has 5 heteroatoms. The molecule has 0 saturated heterocycles. The van der Waals surface area contributed by atoms with Crippen LogP contribution in [0.5, 0.6) is 11.5 Å². The fourth-order valence-corrected chi connectivity index (χ4v) is 2.17. The van der Waals surface area contributed by atoms with Crippen molar-refractivity contribution >= 4 is 16.9 Å². The maximum atomic E-state index is 11.1. The van der Waals surface area contributed by atoms with E-state index in [2.05, 4.69) is 0 Å². The molecule has 1 N–H and O–H groups in total. The topological polar surface area (TPSA) is 60.7 Å². The highest BCUT2D eigenvalue weighted by molar-refractivity contribution is 5.95. The first-order valence-corrected chi connectivity index (χ1v) is 5.37. The first-order chi connectivity index (χ1) is 8.20. The molecule has 1 aromatic heterocycles. The maximum absolute atomic E-state index is 11.1. The van der Waals surface area contributed by atoms with E-state index in [1.807, 2.05) is 19.1 Å². The highest BCUT2D eigenvalue weighted by Crippen LogP contribution is 2.37. The van der Waals surface area contributed by atoms with Crippen molar-refractivity contribution in [2.75, 3.05) is 6.79 Å². The van der Waals surface area contributed by atoms with Gasteiger partial charge in [0.2, 0.25) is 6.79 Å². The average molecular weight is 233 g/mol. The molecule has 1 aliphatic rings. The Morgan fingerprint density at radius 2 is 2.06 bits per heavy atom. The predicted molar refractivity (Wildman–Crippen MR) is 60.7 cm³/mol. The largest absolute Gasteiger partial charge is 0.477 e. The van der Waals surface area contributed by atoms with Gasteiger partial charge in [0.05, 0.1) is 5.52 Å². The van der Waals surface area contributed by atoms with Gasteiger partial charge in [0, 0.05) is 18.0 Å². The summed E-state index contributed by atoms with van der Waals surface area (Å²) in [6, 6.07) is 5.30. The molecule has 1 aromatic carbocycles. The lowest BCUT2D eigenvalue weighted by molar-refractivity contribution is 0.0686. The Kier molecular flexibility index (Phi) is 2.01. The zero-order chi connectivity index (χ0) is 12.0. The average Bonchev–Trinajstić information content (AvgIpc) is 2.87. The van der Waals surface area contributed by atoms with Gasteiger partial charge in [-0.2, -0.15) is 0 Å². The summed E-state index contributed by atoms with van der Waals surface area (Å²) in [6.07, 6.45) is 0. The number of rotatable bonds is 2. The first-order valence-electron chi connectivity index (χ1n) is 5.37. The van der Waals surface area contributed by atoms with Crippen molar-refractivity contribution in [2.45, 2.75) is 13.5 Å². The summed E-state index contributed by atoms with van der Waals surface area (Å²) in [7, 11) is 0. The molecule has 5 nitrogen and oxygen atoms in total. The number of carboxylic acids is 1. The number of benzene rings is 1. The van der Waals surface area contributed by atoms with Gasteiger partial charge in [-0.15, -0.1) is 0 Å². The number of carboxylic acid groups (broad SMARTS) is 1. The number of nitrogens with zero attached hydrogens (tertiary/aromatic N) is 1. The third-order valence-electron chi connectivity index (χ3n) is 2.93. The van der Waals surface area contributed by atoms with Crippen LogP contribution in [-0.4, -0.2) is 22.4 Å². The summed E-state index contributed by atoms with van der Waals surface area (Å²) in [4.78, 5) is 11.1. The van der Waals surface area contributed by atoms with Gasteiger partial charge >= 0.3 is 5.97 Å². The van der Waals surface area contributed by atoms with Crippen LogP contribution in [0.1, 0.15) is 17.4 Å². The van der Waals surface area contributed by atoms with E-state index < -0.39 is 5.97 Å². The fourth-order valence-electron chi connectivity index (χ4n) is 2.17. The van der Waals surface area contributed by atoms with Gasteiger partial charge in [0.25, 0.3) is 0 Å². The summed E-state index contributed by atoms with van der Waals surface area (Å²) in [6.45, 7) is 2.74. The molecular weight excluding hydrogens is 222 g/mol. The van der Waals surface area contributed by atoms with Crippen molar-refractivity contribution in [2.24, 2.45) is 0 Å². The molecule has 2 aromatic rings. The quantitative estimate of drug-likeness (QED) is 0.862. The highest BCUT2D eigenvalue weighted by Gasteiger charge is 2.19. The standard InChI is InChI=1S/C12H11NO4/c1-2-13-8-5-11-10(16-6-17-11)4-7(8)3-9(13)12(14)15/h3-5H,2,6H2,1H3,(H,14,15). The molecule has 88 valence electrons. The Morgan fingerprint density at radius 1 is 1.35 bits per heavy atom. The minimum absolute atomic E-state index is 0.222. The number of ether oxygens (including phenoxy) is 2. The summed E-state index contributed by atoms with van der Waals surface area (Å²) in [5.41, 5.74) is 1.14. The molecule has 0 saturated carbocycles. The third-order valence-corrected chi connectivity index (χ3v) is 2.93. The molecule has 0 amide bonds. The normalized spacial score (nSPS) is 13.2. The van der Waals surface area contributed by atoms with E-state index in [-0.39, 0.29) is 12.5 Å². The van der Waals surface area contributed by atoms with Crippen LogP contribution >= 0.6 is 0 Å². The second kappa shape index (κ2) is 3.41. The van der Waals surface area contributed by atoms with Crippen molar-refractivity contribution in [3.63, 3.8) is 0 Å². The Hall–Kier alpha value is -2.17. The van der Waals surface area contributed by atoms with Crippen LogP contribution in [0, 0.1) is 0 Å². The number of fused-ring (bicyclic) bond motifs is 2. The molecule has 17 heavy (non-hydrogen) atoms. The molecule has 2 heterocycles. The van der Waals surface area contributed by atoms with Crippen LogP contribution in [0.15, 0.2) is 18.2 Å². The molecule has 0 radical (unpaired) electrons. The lowest BCUT2D eigenvalue weighted by Gasteiger charge is -2.04. The van der Waals surface area contributed by atoms with E-state index in [9.17, 15) is 4.79 Å². The SMILES string of the molecule is CCn1c(C(=O)O)cc2cc3c(cc21)OCO3. The highest BCUT2D eigenvalue weighted by atomic mass is 16.7. The zero-order valence-corrected chi connectivity index (χ0v) is 9.27. The molecule has 3 rings (SSSR count). The van der Waals surface area contributed by atoms with E-state index in [0.29, 0.717) is 18.0 Å². The molecule has 0 unspecified atom stereocenters.